The van der Waals surface area contributed by atoms with Crippen molar-refractivity contribution in [2.24, 2.45) is 5.10 Å². The monoisotopic (exact) mass is 382 g/mol. The standard InChI is InChI=1S/C21H26N4OS/c1-4-5-18-21-24-23-14(3)25(21)19-11-10-16(26-27)12-17(19)20(22-18)15-8-6-13(2)7-9-15/h6-12,18,20-22,24,27H,4-5H2,1-3H3/t18-,20?,21?/m0/s1. The van der Waals surface area contributed by atoms with Gasteiger partial charge >= 0.3 is 0 Å². The van der Waals surface area contributed by atoms with Crippen LogP contribution in [0.4, 0.5) is 5.69 Å². The van der Waals surface area contributed by atoms with Crippen molar-refractivity contribution in [1.82, 2.24) is 10.7 Å². The lowest BCUT2D eigenvalue weighted by Crippen LogP contribution is -2.52. The molecule has 5 nitrogen and oxygen atoms in total. The predicted octanol–water partition coefficient (Wildman–Crippen LogP) is 4.15. The van der Waals surface area contributed by atoms with Crippen molar-refractivity contribution >= 4 is 24.4 Å². The minimum atomic E-state index is 0.0702. The number of aryl methyl sites for hydroxylation is 1. The molecule has 0 radical (unpaired) electrons. The molecule has 0 fully saturated rings. The Morgan fingerprint density at radius 2 is 1.93 bits per heavy atom. The van der Waals surface area contributed by atoms with Crippen molar-refractivity contribution in [3.05, 3.63) is 59.2 Å². The Morgan fingerprint density at radius 1 is 1.15 bits per heavy atom. The van der Waals surface area contributed by atoms with Gasteiger partial charge in [0.2, 0.25) is 0 Å². The number of benzene rings is 2. The molecule has 27 heavy (non-hydrogen) atoms. The van der Waals surface area contributed by atoms with Gasteiger partial charge in [0, 0.05) is 30.2 Å². The highest BCUT2D eigenvalue weighted by Crippen LogP contribution is 2.39. The van der Waals surface area contributed by atoms with Gasteiger partial charge in [0.15, 0.2) is 0 Å². The van der Waals surface area contributed by atoms with Gasteiger partial charge in [0.25, 0.3) is 0 Å². The fourth-order valence-electron chi connectivity index (χ4n) is 4.09. The Hall–Kier alpha value is -2.18. The number of hydrogen-bond donors (Lipinski definition) is 3. The summed E-state index contributed by atoms with van der Waals surface area (Å²) in [5, 5.41) is 8.41. The van der Waals surface area contributed by atoms with Gasteiger partial charge < -0.3 is 9.08 Å². The van der Waals surface area contributed by atoms with Crippen LogP contribution in [-0.2, 0) is 0 Å². The second-order valence-corrected chi connectivity index (χ2v) is 7.50. The van der Waals surface area contributed by atoms with E-state index in [1.54, 1.807) is 0 Å². The van der Waals surface area contributed by atoms with E-state index < -0.39 is 0 Å². The van der Waals surface area contributed by atoms with Crippen molar-refractivity contribution in [2.45, 2.75) is 51.9 Å². The molecule has 0 aromatic heterocycles. The first-order valence-electron chi connectivity index (χ1n) is 9.49. The van der Waals surface area contributed by atoms with Crippen LogP contribution in [-0.4, -0.2) is 18.0 Å². The highest BCUT2D eigenvalue weighted by molar-refractivity contribution is 7.75. The van der Waals surface area contributed by atoms with Gasteiger partial charge in [0.1, 0.15) is 17.8 Å². The maximum absolute atomic E-state index is 5.24. The van der Waals surface area contributed by atoms with Crippen molar-refractivity contribution in [3.8, 4) is 5.75 Å². The van der Waals surface area contributed by atoms with Gasteiger partial charge in [0.05, 0.1) is 6.04 Å². The van der Waals surface area contributed by atoms with Crippen molar-refractivity contribution in [1.29, 1.82) is 0 Å². The van der Waals surface area contributed by atoms with E-state index in [1.807, 2.05) is 6.07 Å². The summed E-state index contributed by atoms with van der Waals surface area (Å²) in [5.74, 6) is 1.72. The molecule has 0 bridgehead atoms. The minimum Gasteiger partial charge on any atom is -0.429 e. The molecule has 0 aliphatic carbocycles. The Balaban J connectivity index is 1.88. The summed E-state index contributed by atoms with van der Waals surface area (Å²) in [6.07, 6.45) is 2.26. The number of hydrogen-bond acceptors (Lipinski definition) is 6. The van der Waals surface area contributed by atoms with Crippen molar-refractivity contribution < 1.29 is 4.18 Å². The molecule has 2 N–H and O–H groups in total. The third-order valence-corrected chi connectivity index (χ3v) is 5.64. The van der Waals surface area contributed by atoms with E-state index in [1.165, 1.54) is 16.7 Å². The fourth-order valence-corrected chi connectivity index (χ4v) is 4.20. The number of nitrogens with one attached hydrogen (secondary N) is 2. The lowest BCUT2D eigenvalue weighted by Gasteiger charge is -2.30. The van der Waals surface area contributed by atoms with Crippen LogP contribution in [0.2, 0.25) is 0 Å². The molecule has 2 unspecified atom stereocenters. The summed E-state index contributed by atoms with van der Waals surface area (Å²) in [5.41, 5.74) is 8.17. The van der Waals surface area contributed by atoms with Crippen LogP contribution in [0.3, 0.4) is 0 Å². The van der Waals surface area contributed by atoms with Crippen LogP contribution < -0.4 is 19.8 Å². The Bertz CT molecular complexity index is 852. The highest BCUT2D eigenvalue weighted by Gasteiger charge is 2.39. The van der Waals surface area contributed by atoms with Gasteiger partial charge in [-0.25, -0.2) is 0 Å². The normalized spacial score (nSPS) is 23.8. The molecule has 2 heterocycles. The molecule has 2 aromatic carbocycles. The van der Waals surface area contributed by atoms with Crippen molar-refractivity contribution in [2.75, 3.05) is 4.90 Å². The second-order valence-electron chi connectivity index (χ2n) is 7.32. The van der Waals surface area contributed by atoms with Crippen molar-refractivity contribution in [3.63, 3.8) is 0 Å². The quantitative estimate of drug-likeness (QED) is 0.549. The van der Waals surface area contributed by atoms with E-state index in [-0.39, 0.29) is 18.2 Å². The second kappa shape index (κ2) is 7.44. The summed E-state index contributed by atoms with van der Waals surface area (Å²) in [6.45, 7) is 6.39. The van der Waals surface area contributed by atoms with E-state index in [0.29, 0.717) is 0 Å². The molecule has 2 aliphatic rings. The molecular weight excluding hydrogens is 356 g/mol. The predicted molar refractivity (Wildman–Crippen MR) is 113 cm³/mol. The van der Waals surface area contributed by atoms with Gasteiger partial charge in [-0.05, 0) is 44.0 Å². The van der Waals surface area contributed by atoms with Crippen LogP contribution >= 0.6 is 12.9 Å². The largest absolute Gasteiger partial charge is 0.429 e. The highest BCUT2D eigenvalue weighted by atomic mass is 32.1. The molecule has 6 heteroatoms. The number of amidine groups is 1. The van der Waals surface area contributed by atoms with Crippen LogP contribution in [0, 0.1) is 6.92 Å². The summed E-state index contributed by atoms with van der Waals surface area (Å²) in [7, 11) is 0. The number of rotatable bonds is 4. The van der Waals surface area contributed by atoms with Crippen LogP contribution in [0.25, 0.3) is 0 Å². The smallest absolute Gasteiger partial charge is 0.137 e. The van der Waals surface area contributed by atoms with Gasteiger partial charge in [-0.1, -0.05) is 43.2 Å². The number of fused-ring (bicyclic) bond motifs is 3. The minimum absolute atomic E-state index is 0.0702. The van der Waals surface area contributed by atoms with Crippen LogP contribution in [0.15, 0.2) is 47.6 Å². The lowest BCUT2D eigenvalue weighted by molar-refractivity contribution is 0.363. The molecule has 2 aliphatic heterocycles. The molecule has 0 saturated heterocycles. The molecule has 0 saturated carbocycles. The summed E-state index contributed by atoms with van der Waals surface area (Å²) in [4.78, 5) is 2.30. The van der Waals surface area contributed by atoms with E-state index in [0.717, 1.165) is 30.1 Å². The van der Waals surface area contributed by atoms with Gasteiger partial charge in [-0.3, -0.25) is 10.7 Å². The Morgan fingerprint density at radius 3 is 2.63 bits per heavy atom. The number of thiol groups is 1. The first-order valence-corrected chi connectivity index (χ1v) is 9.86. The average Bonchev–Trinajstić information content (AvgIpc) is 3.00. The SMILES string of the molecule is CCC[C@@H]1NC(c2ccc(C)cc2)c2cc(OS)ccc2N2C(C)=NNC12. The van der Waals surface area contributed by atoms with Crippen LogP contribution in [0.1, 0.15) is 49.4 Å². The molecule has 2 aromatic rings. The van der Waals surface area contributed by atoms with Crippen LogP contribution in [0.5, 0.6) is 5.75 Å². The van der Waals surface area contributed by atoms with Gasteiger partial charge in [-0.15, -0.1) is 0 Å². The first kappa shape index (κ1) is 18.2. The van der Waals surface area contributed by atoms with E-state index >= 15 is 0 Å². The fraction of sp³-hybridized carbons (Fsp3) is 0.381. The molecule has 0 spiro atoms. The van der Waals surface area contributed by atoms with Gasteiger partial charge in [-0.2, -0.15) is 5.10 Å². The topological polar surface area (TPSA) is 48.9 Å². The molecule has 0 amide bonds. The molecule has 3 atom stereocenters. The first-order chi connectivity index (χ1) is 13.1. The maximum Gasteiger partial charge on any atom is 0.137 e. The molecular formula is C21H26N4OS. The third kappa shape index (κ3) is 3.28. The molecule has 4 rings (SSSR count). The Kier molecular flexibility index (Phi) is 5.02. The zero-order chi connectivity index (χ0) is 19.0. The molecule has 142 valence electrons. The Labute approximate surface area is 166 Å². The summed E-state index contributed by atoms with van der Waals surface area (Å²) >= 11 is 4.01. The zero-order valence-corrected chi connectivity index (χ0v) is 16.8. The number of anilines is 1. The van der Waals surface area contributed by atoms with E-state index in [9.17, 15) is 0 Å². The summed E-state index contributed by atoms with van der Waals surface area (Å²) < 4.78 is 5.24. The van der Waals surface area contributed by atoms with E-state index in [4.69, 9.17) is 4.18 Å². The number of nitrogens with zero attached hydrogens (tertiary/aromatic N) is 2. The average molecular weight is 383 g/mol. The maximum atomic E-state index is 5.24. The lowest BCUT2D eigenvalue weighted by atomic mass is 9.95. The zero-order valence-electron chi connectivity index (χ0n) is 15.9. The summed E-state index contributed by atoms with van der Waals surface area (Å²) in [6, 6.07) is 15.2. The third-order valence-electron chi connectivity index (χ3n) is 5.43. The number of hydrazone groups is 1. The van der Waals surface area contributed by atoms with E-state index in [2.05, 4.69) is 90.8 Å².